The Morgan fingerprint density at radius 3 is 2.69 bits per heavy atom. The largest absolute Gasteiger partial charge is 0.487 e. The van der Waals surface area contributed by atoms with Gasteiger partial charge in [0.05, 0.1) is 11.2 Å². The van der Waals surface area contributed by atoms with Gasteiger partial charge in [-0.15, -0.1) is 0 Å². The average Bonchev–Trinajstić information content (AvgIpc) is 2.28. The van der Waals surface area contributed by atoms with E-state index in [9.17, 15) is 0 Å². The average molecular weight is 255 g/mol. The van der Waals surface area contributed by atoms with Crippen LogP contribution in [0.15, 0.2) is 36.8 Å². The molecule has 2 aromatic rings. The summed E-state index contributed by atoms with van der Waals surface area (Å²) in [7, 11) is 0. The Hall–Kier alpha value is -1.32. The van der Waals surface area contributed by atoms with E-state index in [1.165, 1.54) is 0 Å². The van der Waals surface area contributed by atoms with E-state index in [1.807, 2.05) is 6.07 Å². The fourth-order valence-corrected chi connectivity index (χ4v) is 1.41. The molecule has 0 fully saturated rings. The van der Waals surface area contributed by atoms with Crippen LogP contribution in [-0.2, 0) is 6.61 Å². The molecule has 3 nitrogen and oxygen atoms in total. The van der Waals surface area contributed by atoms with E-state index >= 15 is 0 Å². The first kappa shape index (κ1) is 11.2. The van der Waals surface area contributed by atoms with E-state index in [0.29, 0.717) is 22.5 Å². The lowest BCUT2D eigenvalue weighted by Gasteiger charge is -2.05. The molecule has 0 spiro atoms. The van der Waals surface area contributed by atoms with Gasteiger partial charge in [0.1, 0.15) is 17.5 Å². The molecule has 0 aliphatic heterocycles. The maximum Gasteiger partial charge on any atom is 0.139 e. The lowest BCUT2D eigenvalue weighted by atomic mass is 10.3. The molecule has 0 aromatic carbocycles. The van der Waals surface area contributed by atoms with Crippen LogP contribution in [0.4, 0.5) is 0 Å². The fourth-order valence-electron chi connectivity index (χ4n) is 1.13. The predicted octanol–water partition coefficient (Wildman–Crippen LogP) is 3.36. The molecule has 0 saturated carbocycles. The third-order valence-corrected chi connectivity index (χ3v) is 2.30. The summed E-state index contributed by atoms with van der Waals surface area (Å²) in [5, 5.41) is 1.01. The summed E-state index contributed by atoms with van der Waals surface area (Å²) in [4.78, 5) is 7.87. The first-order valence-electron chi connectivity index (χ1n) is 4.58. The number of rotatable bonds is 3. The SMILES string of the molecule is Clc1cncc(OCc2ccc(Cl)nc2)c1. The highest BCUT2D eigenvalue weighted by molar-refractivity contribution is 6.30. The van der Waals surface area contributed by atoms with Gasteiger partial charge in [0.15, 0.2) is 0 Å². The molecule has 0 unspecified atom stereocenters. The van der Waals surface area contributed by atoms with Crippen LogP contribution in [0.1, 0.15) is 5.56 Å². The Morgan fingerprint density at radius 1 is 1.12 bits per heavy atom. The van der Waals surface area contributed by atoms with Crippen LogP contribution in [0, 0.1) is 0 Å². The third kappa shape index (κ3) is 3.08. The van der Waals surface area contributed by atoms with Crippen molar-refractivity contribution in [3.8, 4) is 5.75 Å². The van der Waals surface area contributed by atoms with Crippen LogP contribution in [0.25, 0.3) is 0 Å². The van der Waals surface area contributed by atoms with Gasteiger partial charge in [0, 0.05) is 24.0 Å². The molecule has 82 valence electrons. The molecule has 0 aliphatic carbocycles. The second-order valence-corrected chi connectivity index (χ2v) is 3.94. The van der Waals surface area contributed by atoms with Gasteiger partial charge in [-0.1, -0.05) is 29.3 Å². The molecule has 16 heavy (non-hydrogen) atoms. The van der Waals surface area contributed by atoms with Gasteiger partial charge in [-0.2, -0.15) is 0 Å². The normalized spacial score (nSPS) is 10.1. The first-order valence-corrected chi connectivity index (χ1v) is 5.33. The molecule has 5 heteroatoms. The van der Waals surface area contributed by atoms with Crippen LogP contribution in [0.5, 0.6) is 5.75 Å². The van der Waals surface area contributed by atoms with Crippen molar-refractivity contribution in [1.29, 1.82) is 0 Å². The highest BCUT2D eigenvalue weighted by Crippen LogP contribution is 2.16. The van der Waals surface area contributed by atoms with Crippen molar-refractivity contribution in [3.63, 3.8) is 0 Å². The minimum Gasteiger partial charge on any atom is -0.487 e. The Balaban J connectivity index is 1.99. The molecule has 0 saturated heterocycles. The lowest BCUT2D eigenvalue weighted by Crippen LogP contribution is -1.96. The molecule has 2 aromatic heterocycles. The monoisotopic (exact) mass is 254 g/mol. The predicted molar refractivity (Wildman–Crippen MR) is 62.8 cm³/mol. The first-order chi connectivity index (χ1) is 7.74. The molecule has 0 bridgehead atoms. The minimum atomic E-state index is 0.409. The van der Waals surface area contributed by atoms with E-state index in [0.717, 1.165) is 5.56 Å². The summed E-state index contributed by atoms with van der Waals surface area (Å²) in [5.74, 6) is 0.627. The highest BCUT2D eigenvalue weighted by atomic mass is 35.5. The molecular formula is C11H8Cl2N2O. The zero-order valence-electron chi connectivity index (χ0n) is 8.23. The van der Waals surface area contributed by atoms with Crippen molar-refractivity contribution >= 4 is 23.2 Å². The number of hydrogen-bond donors (Lipinski definition) is 0. The smallest absolute Gasteiger partial charge is 0.139 e. The Kier molecular flexibility index (Phi) is 3.59. The highest BCUT2D eigenvalue weighted by Gasteiger charge is 1.98. The van der Waals surface area contributed by atoms with Gasteiger partial charge < -0.3 is 4.74 Å². The molecular weight excluding hydrogens is 247 g/mol. The molecule has 0 N–H and O–H groups in total. The maximum atomic E-state index is 5.78. The zero-order chi connectivity index (χ0) is 11.4. The van der Waals surface area contributed by atoms with Gasteiger partial charge in [0.2, 0.25) is 0 Å². The van der Waals surface area contributed by atoms with Crippen molar-refractivity contribution in [2.75, 3.05) is 0 Å². The van der Waals surface area contributed by atoms with E-state index in [4.69, 9.17) is 27.9 Å². The summed E-state index contributed by atoms with van der Waals surface area (Å²) in [6.45, 7) is 0.409. The summed E-state index contributed by atoms with van der Waals surface area (Å²) < 4.78 is 5.48. The van der Waals surface area contributed by atoms with Crippen LogP contribution >= 0.6 is 23.2 Å². The van der Waals surface area contributed by atoms with Crippen LogP contribution in [0.3, 0.4) is 0 Å². The van der Waals surface area contributed by atoms with E-state index < -0.39 is 0 Å². The number of hydrogen-bond acceptors (Lipinski definition) is 3. The molecule has 2 rings (SSSR count). The van der Waals surface area contributed by atoms with Gasteiger partial charge >= 0.3 is 0 Å². The Labute approximate surface area is 103 Å². The second-order valence-electron chi connectivity index (χ2n) is 3.12. The number of aromatic nitrogens is 2. The number of ether oxygens (including phenoxy) is 1. The summed E-state index contributed by atoms with van der Waals surface area (Å²) in [5.41, 5.74) is 0.935. The Morgan fingerprint density at radius 2 is 2.00 bits per heavy atom. The third-order valence-electron chi connectivity index (χ3n) is 1.87. The minimum absolute atomic E-state index is 0.409. The zero-order valence-corrected chi connectivity index (χ0v) is 9.74. The Bertz CT molecular complexity index is 474. The van der Waals surface area contributed by atoms with Crippen molar-refractivity contribution in [3.05, 3.63) is 52.5 Å². The molecule has 0 amide bonds. The van der Waals surface area contributed by atoms with Crippen molar-refractivity contribution in [2.45, 2.75) is 6.61 Å². The van der Waals surface area contributed by atoms with Crippen LogP contribution < -0.4 is 4.74 Å². The number of nitrogens with zero attached hydrogens (tertiary/aromatic N) is 2. The van der Waals surface area contributed by atoms with Crippen LogP contribution in [-0.4, -0.2) is 9.97 Å². The van der Waals surface area contributed by atoms with E-state index in [1.54, 1.807) is 30.7 Å². The maximum absolute atomic E-state index is 5.78. The number of pyridine rings is 2. The van der Waals surface area contributed by atoms with Crippen molar-refractivity contribution in [2.24, 2.45) is 0 Å². The van der Waals surface area contributed by atoms with Gasteiger partial charge in [-0.05, 0) is 6.07 Å². The summed E-state index contributed by atoms with van der Waals surface area (Å²) >= 11 is 11.4. The summed E-state index contributed by atoms with van der Waals surface area (Å²) in [6, 6.07) is 5.28. The molecule has 0 radical (unpaired) electrons. The topological polar surface area (TPSA) is 35.0 Å². The standard InChI is InChI=1S/C11H8Cl2N2O/c12-9-3-10(6-14-5-9)16-7-8-1-2-11(13)15-4-8/h1-6H,7H2. The number of halogens is 2. The van der Waals surface area contributed by atoms with E-state index in [-0.39, 0.29) is 0 Å². The lowest BCUT2D eigenvalue weighted by molar-refractivity contribution is 0.304. The van der Waals surface area contributed by atoms with Crippen molar-refractivity contribution < 1.29 is 4.74 Å². The van der Waals surface area contributed by atoms with E-state index in [2.05, 4.69) is 9.97 Å². The molecule has 2 heterocycles. The van der Waals surface area contributed by atoms with Gasteiger partial charge in [0.25, 0.3) is 0 Å². The molecule has 0 aliphatic rings. The fraction of sp³-hybridized carbons (Fsp3) is 0.0909. The van der Waals surface area contributed by atoms with Crippen LogP contribution in [0.2, 0.25) is 10.2 Å². The van der Waals surface area contributed by atoms with Gasteiger partial charge in [-0.3, -0.25) is 4.98 Å². The molecule has 0 atom stereocenters. The van der Waals surface area contributed by atoms with Gasteiger partial charge in [-0.25, -0.2) is 4.98 Å². The van der Waals surface area contributed by atoms with Crippen molar-refractivity contribution in [1.82, 2.24) is 9.97 Å². The second kappa shape index (κ2) is 5.14. The summed E-state index contributed by atoms with van der Waals surface area (Å²) in [6.07, 6.45) is 4.83. The quantitative estimate of drug-likeness (QED) is 0.789.